The van der Waals surface area contributed by atoms with Gasteiger partial charge >= 0.3 is 0 Å². The molecule has 21 heavy (non-hydrogen) atoms. The van der Waals surface area contributed by atoms with Crippen molar-refractivity contribution in [2.24, 2.45) is 5.92 Å². The topological polar surface area (TPSA) is 32.8 Å². The Morgan fingerprint density at radius 1 is 1.48 bits per heavy atom. The van der Waals surface area contributed by atoms with Gasteiger partial charge in [-0.15, -0.1) is 0 Å². The number of hydrogen-bond donors (Lipinski definition) is 0. The average molecular weight is 294 g/mol. The highest BCUT2D eigenvalue weighted by atomic mass is 19.1. The number of halogens is 1. The van der Waals surface area contributed by atoms with Crippen molar-refractivity contribution in [2.75, 3.05) is 33.8 Å². The molecule has 1 saturated heterocycles. The van der Waals surface area contributed by atoms with Crippen LogP contribution in [0, 0.1) is 11.7 Å². The quantitative estimate of drug-likeness (QED) is 0.806. The first-order valence-electron chi connectivity index (χ1n) is 7.32. The van der Waals surface area contributed by atoms with Crippen LogP contribution < -0.4 is 4.74 Å². The molecular weight excluding hydrogens is 271 g/mol. The Hall–Kier alpha value is -1.62. The summed E-state index contributed by atoms with van der Waals surface area (Å²) in [7, 11) is 3.53. The van der Waals surface area contributed by atoms with Crippen LogP contribution in [0.25, 0.3) is 0 Å². The number of rotatable bonds is 6. The summed E-state index contributed by atoms with van der Waals surface area (Å²) in [6.07, 6.45) is 0.596. The number of likely N-dealkylation sites (tertiary alicyclic amines) is 1. The van der Waals surface area contributed by atoms with E-state index < -0.39 is 0 Å². The number of carbonyl (C=O) groups is 1. The van der Waals surface area contributed by atoms with Crippen molar-refractivity contribution in [1.82, 2.24) is 9.80 Å². The summed E-state index contributed by atoms with van der Waals surface area (Å²) in [6, 6.07) is 4.78. The Kier molecular flexibility index (Phi) is 5.17. The Bertz CT molecular complexity index is 507. The van der Waals surface area contributed by atoms with Gasteiger partial charge in [-0.1, -0.05) is 0 Å². The van der Waals surface area contributed by atoms with Crippen LogP contribution in [0.4, 0.5) is 4.39 Å². The molecule has 1 atom stereocenters. The molecule has 1 heterocycles. The smallest absolute Gasteiger partial charge is 0.222 e. The maximum atomic E-state index is 13.8. The number of methoxy groups -OCH3 is 1. The summed E-state index contributed by atoms with van der Waals surface area (Å²) in [5.41, 5.74) is 0.619. The van der Waals surface area contributed by atoms with Crippen molar-refractivity contribution < 1.29 is 13.9 Å². The molecule has 5 heteroatoms. The lowest BCUT2D eigenvalue weighted by Gasteiger charge is -2.21. The first kappa shape index (κ1) is 15.8. The van der Waals surface area contributed by atoms with Gasteiger partial charge in [0, 0.05) is 38.2 Å². The second-order valence-corrected chi connectivity index (χ2v) is 5.66. The van der Waals surface area contributed by atoms with Crippen LogP contribution >= 0.6 is 0 Å². The minimum Gasteiger partial charge on any atom is -0.497 e. The van der Waals surface area contributed by atoms with Gasteiger partial charge in [0.05, 0.1) is 7.11 Å². The van der Waals surface area contributed by atoms with E-state index in [1.807, 2.05) is 18.9 Å². The molecule has 1 aromatic carbocycles. The number of nitrogens with zero attached hydrogens (tertiary/aromatic N) is 2. The summed E-state index contributed by atoms with van der Waals surface area (Å²) in [5.74, 6) is 0.993. The van der Waals surface area contributed by atoms with E-state index in [9.17, 15) is 9.18 Å². The van der Waals surface area contributed by atoms with Gasteiger partial charge in [0.25, 0.3) is 0 Å². The number of ether oxygens (including phenoxy) is 1. The number of hydrogen-bond acceptors (Lipinski definition) is 3. The van der Waals surface area contributed by atoms with Gasteiger partial charge in [-0.25, -0.2) is 4.39 Å². The van der Waals surface area contributed by atoms with Crippen molar-refractivity contribution in [1.29, 1.82) is 0 Å². The largest absolute Gasteiger partial charge is 0.497 e. The molecule has 1 aromatic rings. The van der Waals surface area contributed by atoms with Crippen molar-refractivity contribution in [3.05, 3.63) is 29.6 Å². The number of benzene rings is 1. The van der Waals surface area contributed by atoms with E-state index in [1.165, 1.54) is 6.07 Å². The lowest BCUT2D eigenvalue weighted by molar-refractivity contribution is -0.127. The molecule has 0 N–H and O–H groups in total. The molecule has 0 aromatic heterocycles. The second-order valence-electron chi connectivity index (χ2n) is 5.66. The number of carbonyl (C=O) groups excluding carboxylic acids is 1. The molecule has 116 valence electrons. The van der Waals surface area contributed by atoms with Crippen LogP contribution in [0.3, 0.4) is 0 Å². The van der Waals surface area contributed by atoms with Crippen LogP contribution in [0.1, 0.15) is 18.9 Å². The molecule has 2 rings (SSSR count). The zero-order valence-corrected chi connectivity index (χ0v) is 12.9. The predicted molar refractivity (Wildman–Crippen MR) is 79.6 cm³/mol. The zero-order chi connectivity index (χ0) is 15.4. The lowest BCUT2D eigenvalue weighted by Crippen LogP contribution is -2.28. The van der Waals surface area contributed by atoms with E-state index in [0.717, 1.165) is 19.6 Å². The molecule has 1 fully saturated rings. The van der Waals surface area contributed by atoms with E-state index in [2.05, 4.69) is 4.90 Å². The fourth-order valence-electron chi connectivity index (χ4n) is 2.88. The third-order valence-corrected chi connectivity index (χ3v) is 3.94. The minimum absolute atomic E-state index is 0.222. The van der Waals surface area contributed by atoms with Crippen molar-refractivity contribution in [3.63, 3.8) is 0 Å². The van der Waals surface area contributed by atoms with Crippen molar-refractivity contribution >= 4 is 5.91 Å². The SMILES string of the molecule is CCN1C[C@@H](CN(C)Cc2cc(OC)ccc2F)CC1=O. The van der Waals surface area contributed by atoms with Crippen LogP contribution in [0.2, 0.25) is 0 Å². The number of amides is 1. The third kappa shape index (κ3) is 3.94. The fraction of sp³-hybridized carbons (Fsp3) is 0.562. The molecular formula is C16H23FN2O2. The van der Waals surface area contributed by atoms with Gasteiger partial charge in [-0.3, -0.25) is 4.79 Å². The van der Waals surface area contributed by atoms with E-state index in [1.54, 1.807) is 19.2 Å². The Labute approximate surface area is 125 Å². The van der Waals surface area contributed by atoms with E-state index in [0.29, 0.717) is 30.2 Å². The van der Waals surface area contributed by atoms with Crippen molar-refractivity contribution in [2.45, 2.75) is 19.9 Å². The van der Waals surface area contributed by atoms with Crippen molar-refractivity contribution in [3.8, 4) is 5.75 Å². The summed E-state index contributed by atoms with van der Waals surface area (Å²) < 4.78 is 18.9. The van der Waals surface area contributed by atoms with Crippen LogP contribution in [0.5, 0.6) is 5.75 Å². The molecule has 1 amide bonds. The summed E-state index contributed by atoms with van der Waals surface area (Å²) in [6.45, 7) is 4.87. The Morgan fingerprint density at radius 2 is 2.24 bits per heavy atom. The third-order valence-electron chi connectivity index (χ3n) is 3.94. The maximum Gasteiger partial charge on any atom is 0.222 e. The second kappa shape index (κ2) is 6.89. The molecule has 0 unspecified atom stereocenters. The minimum atomic E-state index is -0.222. The Morgan fingerprint density at radius 3 is 2.86 bits per heavy atom. The molecule has 0 radical (unpaired) electrons. The van der Waals surface area contributed by atoms with Gasteiger partial charge in [0.15, 0.2) is 0 Å². The maximum absolute atomic E-state index is 13.8. The molecule has 0 saturated carbocycles. The Balaban J connectivity index is 1.93. The van der Waals surface area contributed by atoms with Gasteiger partial charge in [0.1, 0.15) is 11.6 Å². The normalized spacial score (nSPS) is 18.6. The monoisotopic (exact) mass is 294 g/mol. The van der Waals surface area contributed by atoms with E-state index in [4.69, 9.17) is 4.74 Å². The fourth-order valence-corrected chi connectivity index (χ4v) is 2.88. The zero-order valence-electron chi connectivity index (χ0n) is 12.9. The highest BCUT2D eigenvalue weighted by Crippen LogP contribution is 2.21. The molecule has 0 spiro atoms. The van der Waals surface area contributed by atoms with Gasteiger partial charge in [-0.2, -0.15) is 0 Å². The first-order chi connectivity index (χ1) is 10.0. The van der Waals surface area contributed by atoms with Gasteiger partial charge in [0.2, 0.25) is 5.91 Å². The lowest BCUT2D eigenvalue weighted by atomic mass is 10.1. The molecule has 1 aliphatic heterocycles. The highest BCUT2D eigenvalue weighted by Gasteiger charge is 2.29. The average Bonchev–Trinajstić information content (AvgIpc) is 2.81. The summed E-state index contributed by atoms with van der Waals surface area (Å²) >= 11 is 0. The standard InChI is InChI=1S/C16H23FN2O2/c1-4-19-10-12(7-16(19)20)9-18(2)11-13-8-14(21-3)5-6-15(13)17/h5-6,8,12H,4,7,9-11H2,1-3H3/t12-/m1/s1. The van der Waals surface area contributed by atoms with Gasteiger partial charge in [-0.05, 0) is 38.1 Å². The van der Waals surface area contributed by atoms with E-state index in [-0.39, 0.29) is 11.7 Å². The summed E-state index contributed by atoms with van der Waals surface area (Å²) in [5, 5.41) is 0. The van der Waals surface area contributed by atoms with Crippen LogP contribution in [-0.2, 0) is 11.3 Å². The predicted octanol–water partition coefficient (Wildman–Crippen LogP) is 2.13. The van der Waals surface area contributed by atoms with Crippen LogP contribution in [-0.4, -0.2) is 49.5 Å². The molecule has 0 bridgehead atoms. The van der Waals surface area contributed by atoms with Gasteiger partial charge < -0.3 is 14.5 Å². The van der Waals surface area contributed by atoms with E-state index >= 15 is 0 Å². The molecule has 4 nitrogen and oxygen atoms in total. The summed E-state index contributed by atoms with van der Waals surface area (Å²) in [4.78, 5) is 15.7. The molecule has 0 aliphatic carbocycles. The highest BCUT2D eigenvalue weighted by molar-refractivity contribution is 5.78. The molecule has 1 aliphatic rings. The van der Waals surface area contributed by atoms with Crippen LogP contribution in [0.15, 0.2) is 18.2 Å². The first-order valence-corrected chi connectivity index (χ1v) is 7.32.